The summed E-state index contributed by atoms with van der Waals surface area (Å²) in [7, 11) is 2.87. The Bertz CT molecular complexity index is 1040. The highest BCUT2D eigenvalue weighted by atomic mass is 35.5. The molecule has 0 bridgehead atoms. The zero-order chi connectivity index (χ0) is 18.8. The highest BCUT2D eigenvalue weighted by Gasteiger charge is 2.58. The molecule has 3 unspecified atom stereocenters. The van der Waals surface area contributed by atoms with Crippen LogP contribution in [0.15, 0.2) is 33.9 Å². The molecule has 4 rings (SSSR count). The van der Waals surface area contributed by atoms with Crippen molar-refractivity contribution in [1.29, 1.82) is 0 Å². The Morgan fingerprint density at radius 1 is 1.19 bits per heavy atom. The second-order valence-corrected chi connectivity index (χ2v) is 7.07. The molecule has 0 amide bonds. The molecule has 1 aromatic heterocycles. The summed E-state index contributed by atoms with van der Waals surface area (Å²) in [5.41, 5.74) is -1.94. The Hall–Kier alpha value is -2.58. The minimum atomic E-state index is -1.72. The van der Waals surface area contributed by atoms with E-state index in [1.54, 1.807) is 24.3 Å². The molecule has 8 nitrogen and oxygen atoms in total. The molecule has 0 radical (unpaired) electrons. The van der Waals surface area contributed by atoms with Gasteiger partial charge in [0.25, 0.3) is 5.56 Å². The van der Waals surface area contributed by atoms with E-state index in [4.69, 9.17) is 16.3 Å². The number of aliphatic hydroxyl groups is 1. The summed E-state index contributed by atoms with van der Waals surface area (Å²) in [5, 5.41) is 14.3. The SMILES string of the molecule is Cn1c2c(c(=O)n(C)c1=O)C(c1ccc(Cl)cc1)C1C(=O)OCC1(O)N2. The van der Waals surface area contributed by atoms with Crippen LogP contribution in [0, 0.1) is 5.92 Å². The van der Waals surface area contributed by atoms with Crippen LogP contribution >= 0.6 is 11.6 Å². The molecule has 2 aliphatic rings. The predicted molar refractivity (Wildman–Crippen MR) is 93.2 cm³/mol. The summed E-state index contributed by atoms with van der Waals surface area (Å²) >= 11 is 5.96. The average Bonchev–Trinajstić information content (AvgIpc) is 2.92. The van der Waals surface area contributed by atoms with Crippen LogP contribution in [0.2, 0.25) is 5.02 Å². The molecule has 1 fully saturated rings. The van der Waals surface area contributed by atoms with Crippen molar-refractivity contribution in [3.05, 3.63) is 61.3 Å². The van der Waals surface area contributed by atoms with Gasteiger partial charge in [-0.3, -0.25) is 18.7 Å². The number of esters is 1. The molecule has 2 aromatic rings. The van der Waals surface area contributed by atoms with Crippen LogP contribution in [0.5, 0.6) is 0 Å². The van der Waals surface area contributed by atoms with Crippen LogP contribution < -0.4 is 16.6 Å². The fourth-order valence-electron chi connectivity index (χ4n) is 3.78. The standard InChI is InChI=1S/C17H16ClN3O5/c1-20-13-11(14(22)21(2)16(20)24)10(8-3-5-9(18)6-4-8)12-15(23)26-7-17(12,25)19-13/h3-6,10,12,19,25H,7H2,1-2H3. The number of benzene rings is 1. The highest BCUT2D eigenvalue weighted by molar-refractivity contribution is 6.30. The zero-order valence-corrected chi connectivity index (χ0v) is 14.8. The smallest absolute Gasteiger partial charge is 0.332 e. The van der Waals surface area contributed by atoms with Crippen LogP contribution in [-0.2, 0) is 23.6 Å². The molecule has 3 heterocycles. The quantitative estimate of drug-likeness (QED) is 0.686. The lowest BCUT2D eigenvalue weighted by Gasteiger charge is -2.39. The third-order valence-corrected chi connectivity index (χ3v) is 5.36. The highest BCUT2D eigenvalue weighted by Crippen LogP contribution is 2.47. The number of carbonyl (C=O) groups excluding carboxylic acids is 1. The normalized spacial score (nSPS) is 26.7. The van der Waals surface area contributed by atoms with Gasteiger partial charge in [0, 0.05) is 25.0 Å². The molecule has 9 heteroatoms. The molecule has 3 atom stereocenters. The van der Waals surface area contributed by atoms with Gasteiger partial charge in [-0.05, 0) is 17.7 Å². The van der Waals surface area contributed by atoms with Crippen molar-refractivity contribution in [3.8, 4) is 0 Å². The van der Waals surface area contributed by atoms with Gasteiger partial charge in [0.2, 0.25) is 0 Å². The number of hydrogen-bond donors (Lipinski definition) is 2. The number of fused-ring (bicyclic) bond motifs is 2. The van der Waals surface area contributed by atoms with Crippen LogP contribution in [0.25, 0.3) is 0 Å². The number of halogens is 1. The molecule has 0 spiro atoms. The van der Waals surface area contributed by atoms with Crippen molar-refractivity contribution >= 4 is 23.4 Å². The molecule has 1 aromatic carbocycles. The van der Waals surface area contributed by atoms with E-state index in [2.05, 4.69) is 5.32 Å². The maximum absolute atomic E-state index is 12.9. The zero-order valence-electron chi connectivity index (χ0n) is 14.0. The van der Waals surface area contributed by atoms with Crippen molar-refractivity contribution in [2.24, 2.45) is 20.0 Å². The summed E-state index contributed by atoms with van der Waals surface area (Å²) in [4.78, 5) is 37.6. The van der Waals surface area contributed by atoms with E-state index >= 15 is 0 Å². The molecule has 0 aliphatic carbocycles. The maximum atomic E-state index is 12.9. The topological polar surface area (TPSA) is 103 Å². The van der Waals surface area contributed by atoms with Gasteiger partial charge in [-0.1, -0.05) is 23.7 Å². The Morgan fingerprint density at radius 2 is 1.85 bits per heavy atom. The molecule has 1 saturated heterocycles. The second kappa shape index (κ2) is 5.46. The van der Waals surface area contributed by atoms with E-state index in [9.17, 15) is 19.5 Å². The lowest BCUT2D eigenvalue weighted by Crippen LogP contribution is -2.56. The third kappa shape index (κ3) is 2.15. The van der Waals surface area contributed by atoms with E-state index in [-0.39, 0.29) is 18.0 Å². The van der Waals surface area contributed by atoms with Crippen molar-refractivity contribution in [1.82, 2.24) is 9.13 Å². The maximum Gasteiger partial charge on any atom is 0.332 e. The molecular formula is C17H16ClN3O5. The van der Waals surface area contributed by atoms with Crippen molar-refractivity contribution in [3.63, 3.8) is 0 Å². The number of carbonyl (C=O) groups is 1. The third-order valence-electron chi connectivity index (χ3n) is 5.11. The van der Waals surface area contributed by atoms with Crippen LogP contribution in [0.1, 0.15) is 17.0 Å². The first kappa shape index (κ1) is 16.9. The fourth-order valence-corrected chi connectivity index (χ4v) is 3.91. The summed E-state index contributed by atoms with van der Waals surface area (Å²) < 4.78 is 7.30. The average molecular weight is 378 g/mol. The Balaban J connectivity index is 2.08. The van der Waals surface area contributed by atoms with Gasteiger partial charge in [-0.25, -0.2) is 4.79 Å². The predicted octanol–water partition coefficient (Wildman–Crippen LogP) is 0.156. The molecule has 26 heavy (non-hydrogen) atoms. The van der Waals surface area contributed by atoms with Crippen molar-refractivity contribution in [2.75, 3.05) is 11.9 Å². The number of ether oxygens (including phenoxy) is 1. The molecule has 2 aliphatic heterocycles. The van der Waals surface area contributed by atoms with Crippen molar-refractivity contribution in [2.45, 2.75) is 11.6 Å². The van der Waals surface area contributed by atoms with Gasteiger partial charge in [0.05, 0.1) is 5.56 Å². The first-order valence-corrected chi connectivity index (χ1v) is 8.35. The first-order chi connectivity index (χ1) is 12.2. The van der Waals surface area contributed by atoms with E-state index < -0.39 is 34.8 Å². The van der Waals surface area contributed by atoms with Gasteiger partial charge in [-0.2, -0.15) is 0 Å². The second-order valence-electron chi connectivity index (χ2n) is 6.63. The Labute approximate surface area is 152 Å². The monoisotopic (exact) mass is 377 g/mol. The number of nitrogens with zero attached hydrogens (tertiary/aromatic N) is 2. The number of aromatic nitrogens is 2. The van der Waals surface area contributed by atoms with Crippen LogP contribution in [0.4, 0.5) is 5.82 Å². The van der Waals surface area contributed by atoms with Crippen molar-refractivity contribution < 1.29 is 14.6 Å². The lowest BCUT2D eigenvalue weighted by molar-refractivity contribution is -0.141. The number of anilines is 1. The summed E-state index contributed by atoms with van der Waals surface area (Å²) in [6.07, 6.45) is 0. The van der Waals surface area contributed by atoms with Crippen LogP contribution in [0.3, 0.4) is 0 Å². The van der Waals surface area contributed by atoms with E-state index in [1.807, 2.05) is 0 Å². The lowest BCUT2D eigenvalue weighted by atomic mass is 9.74. The van der Waals surface area contributed by atoms with Gasteiger partial charge < -0.3 is 15.2 Å². The van der Waals surface area contributed by atoms with E-state index in [0.29, 0.717) is 10.6 Å². The van der Waals surface area contributed by atoms with Crippen LogP contribution in [-0.4, -0.2) is 32.5 Å². The fraction of sp³-hybridized carbons (Fsp3) is 0.353. The number of nitrogens with one attached hydrogen (secondary N) is 1. The number of rotatable bonds is 1. The minimum absolute atomic E-state index is 0.176. The molecule has 0 saturated carbocycles. The van der Waals surface area contributed by atoms with Gasteiger partial charge in [0.1, 0.15) is 18.3 Å². The van der Waals surface area contributed by atoms with Gasteiger partial charge in [-0.15, -0.1) is 0 Å². The Morgan fingerprint density at radius 3 is 2.50 bits per heavy atom. The van der Waals surface area contributed by atoms with E-state index in [0.717, 1.165) is 4.57 Å². The summed E-state index contributed by atoms with van der Waals surface area (Å²) in [6.45, 7) is -0.274. The minimum Gasteiger partial charge on any atom is -0.460 e. The molecule has 2 N–H and O–H groups in total. The first-order valence-electron chi connectivity index (χ1n) is 7.97. The molecule has 136 valence electrons. The Kier molecular flexibility index (Phi) is 3.54. The molecular weight excluding hydrogens is 362 g/mol. The summed E-state index contributed by atoms with van der Waals surface area (Å²) in [5.74, 6) is -2.24. The number of cyclic esters (lactones) is 1. The van der Waals surface area contributed by atoms with Gasteiger partial charge >= 0.3 is 11.7 Å². The summed E-state index contributed by atoms with van der Waals surface area (Å²) in [6, 6.07) is 6.67. The number of hydrogen-bond acceptors (Lipinski definition) is 6. The van der Waals surface area contributed by atoms with Gasteiger partial charge in [0.15, 0.2) is 5.72 Å². The largest absolute Gasteiger partial charge is 0.460 e. The van der Waals surface area contributed by atoms with E-state index in [1.165, 1.54) is 18.7 Å².